The molecule has 0 aliphatic rings. The summed E-state index contributed by atoms with van der Waals surface area (Å²) in [6.07, 6.45) is -3.21. The second kappa shape index (κ2) is 9.43. The molecule has 0 bridgehead atoms. The fourth-order valence-corrected chi connectivity index (χ4v) is 2.60. The number of nitrogens with zero attached hydrogens (tertiary/aromatic N) is 5. The summed E-state index contributed by atoms with van der Waals surface area (Å²) in [7, 11) is 1.54. The molecule has 1 heterocycles. The van der Waals surface area contributed by atoms with E-state index in [1.54, 1.807) is 7.05 Å². The lowest BCUT2D eigenvalue weighted by Crippen LogP contribution is -2.08. The molecule has 0 saturated carbocycles. The molecule has 166 valence electrons. The molecule has 3 aromatic rings. The maximum atomic E-state index is 12.9. The van der Waals surface area contributed by atoms with Gasteiger partial charge in [0.25, 0.3) is 5.69 Å². The van der Waals surface area contributed by atoms with E-state index < -0.39 is 16.7 Å². The molecule has 0 atom stereocenters. The van der Waals surface area contributed by atoms with Gasteiger partial charge in [0.15, 0.2) is 0 Å². The molecule has 3 rings (SSSR count). The zero-order valence-corrected chi connectivity index (χ0v) is 16.9. The van der Waals surface area contributed by atoms with E-state index in [9.17, 15) is 23.3 Å². The van der Waals surface area contributed by atoms with Crippen LogP contribution in [-0.4, -0.2) is 33.1 Å². The minimum Gasteiger partial charge on any atom is -0.357 e. The van der Waals surface area contributed by atoms with Crippen LogP contribution in [0.3, 0.4) is 0 Å². The van der Waals surface area contributed by atoms with E-state index >= 15 is 0 Å². The molecular formula is C18H14ClF3N8O2. The maximum Gasteiger partial charge on any atom is 0.416 e. The van der Waals surface area contributed by atoms with Crippen molar-refractivity contribution in [1.82, 2.24) is 15.0 Å². The first-order valence-electron chi connectivity index (χ1n) is 8.77. The Bertz CT molecular complexity index is 1170. The predicted molar refractivity (Wildman–Crippen MR) is 113 cm³/mol. The number of nitro groups is 1. The molecule has 32 heavy (non-hydrogen) atoms. The summed E-state index contributed by atoms with van der Waals surface area (Å²) >= 11 is 5.77. The second-order valence-corrected chi connectivity index (χ2v) is 6.50. The lowest BCUT2D eigenvalue weighted by atomic mass is 10.2. The van der Waals surface area contributed by atoms with Gasteiger partial charge >= 0.3 is 6.18 Å². The molecule has 0 radical (unpaired) electrons. The van der Waals surface area contributed by atoms with Gasteiger partial charge in [0.2, 0.25) is 17.8 Å². The molecule has 1 aromatic heterocycles. The highest BCUT2D eigenvalue weighted by Gasteiger charge is 2.30. The van der Waals surface area contributed by atoms with Gasteiger partial charge in [-0.15, -0.1) is 0 Å². The highest BCUT2D eigenvalue weighted by molar-refractivity contribution is 6.32. The Balaban J connectivity index is 1.79. The fraction of sp³-hybridized carbons (Fsp3) is 0.111. The van der Waals surface area contributed by atoms with E-state index in [2.05, 4.69) is 36.1 Å². The van der Waals surface area contributed by atoms with E-state index in [0.717, 1.165) is 12.1 Å². The molecule has 2 aromatic carbocycles. The van der Waals surface area contributed by atoms with Gasteiger partial charge in [-0.25, -0.2) is 5.43 Å². The molecule has 10 nitrogen and oxygen atoms in total. The number of hydrogen-bond acceptors (Lipinski definition) is 9. The largest absolute Gasteiger partial charge is 0.416 e. The fourth-order valence-electron chi connectivity index (χ4n) is 2.41. The van der Waals surface area contributed by atoms with Crippen molar-refractivity contribution in [1.29, 1.82) is 0 Å². The Morgan fingerprint density at radius 1 is 1.09 bits per heavy atom. The molecule has 0 aliphatic heterocycles. The quantitative estimate of drug-likeness (QED) is 0.260. The molecule has 3 N–H and O–H groups in total. The van der Waals surface area contributed by atoms with Crippen LogP contribution >= 0.6 is 11.6 Å². The van der Waals surface area contributed by atoms with Crippen molar-refractivity contribution in [2.45, 2.75) is 6.18 Å². The van der Waals surface area contributed by atoms with Gasteiger partial charge in [-0.2, -0.15) is 33.2 Å². The number of halogens is 4. The molecule has 0 fully saturated rings. The molecule has 0 saturated heterocycles. The van der Waals surface area contributed by atoms with Gasteiger partial charge < -0.3 is 10.6 Å². The Morgan fingerprint density at radius 3 is 2.50 bits per heavy atom. The zero-order chi connectivity index (χ0) is 23.3. The summed E-state index contributed by atoms with van der Waals surface area (Å²) in [4.78, 5) is 22.5. The van der Waals surface area contributed by atoms with E-state index in [-0.39, 0.29) is 34.2 Å². The van der Waals surface area contributed by atoms with Crippen LogP contribution in [0.25, 0.3) is 0 Å². The van der Waals surface area contributed by atoms with Gasteiger partial charge in [0.1, 0.15) is 5.02 Å². The molecule has 0 spiro atoms. The van der Waals surface area contributed by atoms with Gasteiger partial charge in [-0.3, -0.25) is 10.1 Å². The topological polar surface area (TPSA) is 130 Å². The summed E-state index contributed by atoms with van der Waals surface area (Å²) < 4.78 is 38.7. The van der Waals surface area contributed by atoms with Gasteiger partial charge in [0.05, 0.1) is 16.7 Å². The smallest absolute Gasteiger partial charge is 0.357 e. The molecule has 0 aliphatic carbocycles. The van der Waals surface area contributed by atoms with Gasteiger partial charge in [0, 0.05) is 24.4 Å². The Labute approximate surface area is 183 Å². The van der Waals surface area contributed by atoms with Crippen molar-refractivity contribution in [2.75, 3.05) is 23.1 Å². The number of hydrogen-bond donors (Lipinski definition) is 3. The lowest BCUT2D eigenvalue weighted by Gasteiger charge is -2.11. The van der Waals surface area contributed by atoms with Gasteiger partial charge in [-0.05, 0) is 24.3 Å². The van der Waals surface area contributed by atoms with Crippen LogP contribution < -0.4 is 16.1 Å². The number of hydrazone groups is 1. The van der Waals surface area contributed by atoms with Gasteiger partial charge in [-0.1, -0.05) is 23.7 Å². The van der Waals surface area contributed by atoms with Crippen LogP contribution in [0.1, 0.15) is 11.1 Å². The number of anilines is 4. The summed E-state index contributed by atoms with van der Waals surface area (Å²) in [5.74, 6) is 0.0522. The van der Waals surface area contributed by atoms with E-state index in [4.69, 9.17) is 11.6 Å². The third-order valence-electron chi connectivity index (χ3n) is 3.85. The van der Waals surface area contributed by atoms with Crippen LogP contribution in [0.2, 0.25) is 5.02 Å². The Hall–Kier alpha value is -4.00. The lowest BCUT2D eigenvalue weighted by molar-refractivity contribution is -0.384. The van der Waals surface area contributed by atoms with Crippen molar-refractivity contribution in [2.24, 2.45) is 5.10 Å². The minimum atomic E-state index is -4.49. The number of rotatable bonds is 7. The number of benzene rings is 2. The minimum absolute atomic E-state index is 0.0125. The molecule has 0 unspecified atom stereocenters. The standard InChI is InChI=1S/C18H14ClF3N8O2/c1-23-15-26-16(25-12-4-2-3-11(8-12)18(20,21)22)28-17(27-15)29-24-9-10-5-6-13(19)14(7-10)30(31)32/h2-9H,1H3,(H3,23,25,26,27,28,29). The van der Waals surface area contributed by atoms with Crippen molar-refractivity contribution in [3.05, 3.63) is 68.7 Å². The summed E-state index contributed by atoms with van der Waals surface area (Å²) in [6.45, 7) is 0. The zero-order valence-electron chi connectivity index (χ0n) is 16.2. The summed E-state index contributed by atoms with van der Waals surface area (Å²) in [5.41, 5.74) is 1.94. The Kier molecular flexibility index (Phi) is 6.68. The third-order valence-corrected chi connectivity index (χ3v) is 4.17. The molecule has 14 heteroatoms. The monoisotopic (exact) mass is 466 g/mol. The highest BCUT2D eigenvalue weighted by atomic mass is 35.5. The number of nitro benzene ring substituents is 1. The number of alkyl halides is 3. The summed E-state index contributed by atoms with van der Waals surface area (Å²) in [6, 6.07) is 8.66. The maximum absolute atomic E-state index is 12.9. The second-order valence-electron chi connectivity index (χ2n) is 6.10. The van der Waals surface area contributed by atoms with Crippen LogP contribution in [0.4, 0.5) is 42.4 Å². The van der Waals surface area contributed by atoms with Crippen LogP contribution in [-0.2, 0) is 6.18 Å². The van der Waals surface area contributed by atoms with Crippen LogP contribution in [0.5, 0.6) is 0 Å². The molecular weight excluding hydrogens is 453 g/mol. The third kappa shape index (κ3) is 5.78. The summed E-state index contributed by atoms with van der Waals surface area (Å²) in [5, 5.41) is 20.2. The van der Waals surface area contributed by atoms with Crippen molar-refractivity contribution in [3.8, 4) is 0 Å². The normalized spacial score (nSPS) is 11.4. The van der Waals surface area contributed by atoms with Crippen LogP contribution in [0, 0.1) is 10.1 Å². The Morgan fingerprint density at radius 2 is 1.81 bits per heavy atom. The SMILES string of the molecule is CNc1nc(NN=Cc2ccc(Cl)c([N+](=O)[O-])c2)nc(Nc2cccc(C(F)(F)F)c2)n1. The van der Waals surface area contributed by atoms with E-state index in [1.807, 2.05) is 0 Å². The number of nitrogens with one attached hydrogen (secondary N) is 3. The first-order valence-corrected chi connectivity index (χ1v) is 9.14. The average molecular weight is 467 g/mol. The molecule has 0 amide bonds. The first-order chi connectivity index (χ1) is 15.2. The van der Waals surface area contributed by atoms with Crippen LogP contribution in [0.15, 0.2) is 47.6 Å². The number of aromatic nitrogens is 3. The van der Waals surface area contributed by atoms with E-state index in [0.29, 0.717) is 5.56 Å². The average Bonchev–Trinajstić information content (AvgIpc) is 2.74. The van der Waals surface area contributed by atoms with Crippen molar-refractivity contribution >= 4 is 47.0 Å². The first kappa shape index (κ1) is 22.7. The van der Waals surface area contributed by atoms with Crippen molar-refractivity contribution in [3.63, 3.8) is 0 Å². The van der Waals surface area contributed by atoms with Crippen molar-refractivity contribution < 1.29 is 18.1 Å². The van der Waals surface area contributed by atoms with E-state index in [1.165, 1.54) is 36.5 Å². The predicted octanol–water partition coefficient (Wildman–Crippen LogP) is 4.68. The highest BCUT2D eigenvalue weighted by Crippen LogP contribution is 2.31.